The number of nitrogens with zero attached hydrogens (tertiary/aromatic N) is 5. The molecular formula is C34H34N6O4. The van der Waals surface area contributed by atoms with Gasteiger partial charge in [-0.05, 0) is 37.6 Å². The molecule has 1 aliphatic rings. The second-order valence-corrected chi connectivity index (χ2v) is 10.8. The van der Waals surface area contributed by atoms with E-state index in [9.17, 15) is 9.59 Å². The number of piperidine rings is 1. The van der Waals surface area contributed by atoms with Crippen LogP contribution >= 0.6 is 0 Å². The van der Waals surface area contributed by atoms with Crippen molar-refractivity contribution in [2.24, 2.45) is 0 Å². The summed E-state index contributed by atoms with van der Waals surface area (Å²) in [5, 5.41) is 5.92. The van der Waals surface area contributed by atoms with Gasteiger partial charge in [-0.2, -0.15) is 9.99 Å². The third-order valence-electron chi connectivity index (χ3n) is 7.89. The summed E-state index contributed by atoms with van der Waals surface area (Å²) >= 11 is 0. The highest BCUT2D eigenvalue weighted by molar-refractivity contribution is 6.10. The number of carbonyl (C=O) groups excluding carboxylic acids is 2. The number of aromatic nitrogens is 3. The van der Waals surface area contributed by atoms with E-state index in [1.807, 2.05) is 67.6 Å². The van der Waals surface area contributed by atoms with Gasteiger partial charge in [0.15, 0.2) is 5.82 Å². The number of methoxy groups -OCH3 is 1. The van der Waals surface area contributed by atoms with Gasteiger partial charge < -0.3 is 9.26 Å². The fourth-order valence-electron chi connectivity index (χ4n) is 5.74. The summed E-state index contributed by atoms with van der Waals surface area (Å²) < 4.78 is 10.6. The molecule has 44 heavy (non-hydrogen) atoms. The lowest BCUT2D eigenvalue weighted by Crippen LogP contribution is -2.47. The number of pyridine rings is 1. The van der Waals surface area contributed by atoms with Crippen LogP contribution in [0.25, 0.3) is 22.2 Å². The van der Waals surface area contributed by atoms with Gasteiger partial charge in [-0.3, -0.25) is 15.1 Å². The third-order valence-corrected chi connectivity index (χ3v) is 7.89. The van der Waals surface area contributed by atoms with Crippen LogP contribution in [0.3, 0.4) is 0 Å². The fraction of sp³-hybridized carbons (Fsp3) is 0.265. The minimum Gasteiger partial charge on any atom is -0.451 e. The summed E-state index contributed by atoms with van der Waals surface area (Å²) in [7, 11) is 1.28. The van der Waals surface area contributed by atoms with E-state index in [0.717, 1.165) is 35.5 Å². The van der Waals surface area contributed by atoms with Gasteiger partial charge in [-0.25, -0.2) is 9.78 Å². The van der Waals surface area contributed by atoms with Crippen molar-refractivity contribution in [2.75, 3.05) is 25.2 Å². The Morgan fingerprint density at radius 3 is 2.45 bits per heavy atom. The molecule has 224 valence electrons. The molecule has 3 heterocycles. The number of para-hydroxylation sites is 2. The number of nitrogens with one attached hydrogen (secondary N) is 1. The number of hydrazine groups is 1. The lowest BCUT2D eigenvalue weighted by Gasteiger charge is -2.32. The second kappa shape index (κ2) is 13.0. The maximum atomic E-state index is 14.4. The van der Waals surface area contributed by atoms with Gasteiger partial charge in [0.2, 0.25) is 5.89 Å². The Kier molecular flexibility index (Phi) is 8.60. The molecule has 0 radical (unpaired) electrons. The molecule has 6 rings (SSSR count). The van der Waals surface area contributed by atoms with E-state index in [1.165, 1.54) is 7.11 Å². The van der Waals surface area contributed by atoms with Crippen molar-refractivity contribution in [1.29, 1.82) is 0 Å². The topological polar surface area (TPSA) is 114 Å². The molecule has 1 N–H and O–H groups in total. The number of carbonyl (C=O) groups is 2. The zero-order valence-electron chi connectivity index (χ0n) is 24.8. The monoisotopic (exact) mass is 590 g/mol. The van der Waals surface area contributed by atoms with Crippen molar-refractivity contribution < 1.29 is 18.8 Å². The highest BCUT2D eigenvalue weighted by Crippen LogP contribution is 2.34. The average molecular weight is 591 g/mol. The van der Waals surface area contributed by atoms with Gasteiger partial charge in [-0.1, -0.05) is 78.8 Å². The molecule has 2 amide bonds. The maximum absolute atomic E-state index is 14.4. The first-order chi connectivity index (χ1) is 21.6. The first-order valence-corrected chi connectivity index (χ1v) is 14.8. The molecule has 0 aliphatic carbocycles. The number of benzene rings is 3. The van der Waals surface area contributed by atoms with Crippen LogP contribution in [0.1, 0.15) is 53.3 Å². The molecule has 1 atom stereocenters. The van der Waals surface area contributed by atoms with Crippen LogP contribution in [0.5, 0.6) is 0 Å². The van der Waals surface area contributed by atoms with Crippen molar-refractivity contribution in [3.05, 3.63) is 108 Å². The van der Waals surface area contributed by atoms with Crippen LogP contribution in [0.2, 0.25) is 0 Å². The number of anilines is 1. The maximum Gasteiger partial charge on any atom is 0.433 e. The molecule has 1 aliphatic heterocycles. The van der Waals surface area contributed by atoms with E-state index in [1.54, 1.807) is 24.3 Å². The van der Waals surface area contributed by atoms with Gasteiger partial charge >= 0.3 is 6.09 Å². The predicted molar refractivity (Wildman–Crippen MR) is 167 cm³/mol. The number of amides is 2. The fourth-order valence-corrected chi connectivity index (χ4v) is 5.74. The van der Waals surface area contributed by atoms with Crippen LogP contribution in [-0.4, -0.2) is 52.2 Å². The molecule has 1 unspecified atom stereocenters. The van der Waals surface area contributed by atoms with Crippen molar-refractivity contribution >= 4 is 28.6 Å². The molecule has 2 aromatic heterocycles. The molecule has 5 aromatic rings. The Bertz CT molecular complexity index is 1760. The molecule has 3 aromatic carbocycles. The number of ether oxygens (including phenoxy) is 1. The smallest absolute Gasteiger partial charge is 0.433 e. The predicted octanol–water partition coefficient (Wildman–Crippen LogP) is 6.14. The quantitative estimate of drug-likeness (QED) is 0.225. The van der Waals surface area contributed by atoms with E-state index in [-0.39, 0.29) is 5.92 Å². The third kappa shape index (κ3) is 6.02. The van der Waals surface area contributed by atoms with Crippen molar-refractivity contribution in [3.8, 4) is 11.3 Å². The molecule has 0 saturated carbocycles. The molecule has 10 heteroatoms. The van der Waals surface area contributed by atoms with Crippen LogP contribution < -0.4 is 10.4 Å². The van der Waals surface area contributed by atoms with Crippen molar-refractivity contribution in [3.63, 3.8) is 0 Å². The van der Waals surface area contributed by atoms with E-state index < -0.39 is 12.0 Å². The summed E-state index contributed by atoms with van der Waals surface area (Å²) in [6, 6.07) is 26.3. The van der Waals surface area contributed by atoms with Crippen LogP contribution in [-0.2, 0) is 17.7 Å². The number of hydrogen-bond donors (Lipinski definition) is 1. The minimum atomic E-state index is -0.711. The van der Waals surface area contributed by atoms with Crippen LogP contribution in [0.4, 0.5) is 10.5 Å². The summed E-state index contributed by atoms with van der Waals surface area (Å²) in [4.78, 5) is 39.3. The Labute approximate surface area is 255 Å². The van der Waals surface area contributed by atoms with E-state index in [4.69, 9.17) is 14.2 Å². The van der Waals surface area contributed by atoms with Gasteiger partial charge in [0.1, 0.15) is 0 Å². The van der Waals surface area contributed by atoms with Crippen LogP contribution in [0, 0.1) is 0 Å². The minimum absolute atomic E-state index is 0.0929. The Morgan fingerprint density at radius 1 is 1.00 bits per heavy atom. The molecule has 1 saturated heterocycles. The Hall–Kier alpha value is -5.09. The lowest BCUT2D eigenvalue weighted by atomic mass is 9.93. The average Bonchev–Trinajstić information content (AvgIpc) is 3.57. The highest BCUT2D eigenvalue weighted by atomic mass is 16.5. The molecular weight excluding hydrogens is 556 g/mol. The second-order valence-electron chi connectivity index (χ2n) is 10.8. The first kappa shape index (κ1) is 29.0. The first-order valence-electron chi connectivity index (χ1n) is 14.8. The molecule has 1 fully saturated rings. The SMILES string of the molecule is CCc1noc(C2CCCN(Cc3c(-c4ccccc4)nc4ccccc4c3C(=O)NN(C(=O)OC)c3ccccc3)C2)n1. The number of likely N-dealkylation sites (tertiary alicyclic amines) is 1. The largest absolute Gasteiger partial charge is 0.451 e. The molecule has 0 bridgehead atoms. The number of fused-ring (bicyclic) bond motifs is 1. The summed E-state index contributed by atoms with van der Waals surface area (Å²) in [6.07, 6.45) is 1.90. The van der Waals surface area contributed by atoms with Gasteiger partial charge in [0, 0.05) is 36.0 Å². The van der Waals surface area contributed by atoms with Gasteiger partial charge in [0.05, 0.1) is 35.5 Å². The summed E-state index contributed by atoms with van der Waals surface area (Å²) in [5.41, 5.74) is 6.82. The standard InChI is InChI=1S/C34H34N6O4/c1-3-29-36-33(44-38-29)24-15-12-20-39(21-24)22-27-30(32(41)37-40(34(42)43-2)25-16-8-5-9-17-25)26-18-10-11-19-28(26)35-31(27)23-13-6-4-7-14-23/h4-11,13-14,16-19,24H,3,12,15,20-22H2,1-2H3,(H,37,41). The molecule has 0 spiro atoms. The van der Waals surface area contributed by atoms with Gasteiger partial charge in [-0.15, -0.1) is 0 Å². The Balaban J connectivity index is 1.44. The number of rotatable bonds is 7. The molecule has 10 nitrogen and oxygen atoms in total. The van der Waals surface area contributed by atoms with Gasteiger partial charge in [0.25, 0.3) is 5.91 Å². The van der Waals surface area contributed by atoms with E-state index in [0.29, 0.717) is 59.1 Å². The normalized spacial score (nSPS) is 15.2. The Morgan fingerprint density at radius 2 is 1.73 bits per heavy atom. The summed E-state index contributed by atoms with van der Waals surface area (Å²) in [5.74, 6) is 1.01. The number of hydrogen-bond acceptors (Lipinski definition) is 8. The van der Waals surface area contributed by atoms with Crippen LogP contribution in [0.15, 0.2) is 89.5 Å². The van der Waals surface area contributed by atoms with Crippen molar-refractivity contribution in [1.82, 2.24) is 25.5 Å². The van der Waals surface area contributed by atoms with Crippen molar-refractivity contribution in [2.45, 2.75) is 38.6 Å². The van der Waals surface area contributed by atoms with E-state index >= 15 is 0 Å². The summed E-state index contributed by atoms with van der Waals surface area (Å²) in [6.45, 7) is 4.00. The van der Waals surface area contributed by atoms with E-state index in [2.05, 4.69) is 20.5 Å². The highest BCUT2D eigenvalue weighted by Gasteiger charge is 2.30. The zero-order chi connectivity index (χ0) is 30.5. The zero-order valence-corrected chi connectivity index (χ0v) is 24.8. The lowest BCUT2D eigenvalue weighted by molar-refractivity contribution is 0.0939. The number of aryl methyl sites for hydroxylation is 1.